The van der Waals surface area contributed by atoms with E-state index in [1.165, 1.54) is 89.9 Å². The van der Waals surface area contributed by atoms with E-state index in [0.29, 0.717) is 23.9 Å². The van der Waals surface area contributed by atoms with E-state index in [1.54, 1.807) is 0 Å². The molecule has 0 saturated carbocycles. The fourth-order valence-electron chi connectivity index (χ4n) is 6.64. The van der Waals surface area contributed by atoms with Crippen LogP contribution in [0.3, 0.4) is 0 Å². The predicted molar refractivity (Wildman–Crippen MR) is 258 cm³/mol. The van der Waals surface area contributed by atoms with Crippen LogP contribution in [0.1, 0.15) is 194 Å². The highest BCUT2D eigenvalue weighted by Gasteiger charge is 2.28. The van der Waals surface area contributed by atoms with Crippen LogP contribution in [0, 0.1) is 0 Å². The molecule has 0 spiro atoms. The SMILES string of the molecule is CC/C=C\C/C=C\C/C=C\C/C=C\C/C=C\C/C=C\CCCCCCCCCCCCCCCCCCC(=O)NC(COP(=O)(O)OCC[N+](C)(C)C)C(O)CCCCC. The number of nitrogens with zero attached hydrogens (tertiary/aromatic N) is 1. The molecule has 8 nitrogen and oxygen atoms in total. The molecule has 0 aromatic carbocycles. The Kier molecular flexibility index (Phi) is 40.8. The summed E-state index contributed by atoms with van der Waals surface area (Å²) in [5, 5.41) is 13.6. The largest absolute Gasteiger partial charge is 0.472 e. The molecule has 0 aliphatic heterocycles. The number of likely N-dealkylation sites (N-methyl/N-ethyl adjacent to an activating group) is 1. The van der Waals surface area contributed by atoms with Crippen LogP contribution in [0.5, 0.6) is 0 Å². The average Bonchev–Trinajstić information content (AvgIpc) is 3.20. The van der Waals surface area contributed by atoms with Gasteiger partial charge in [0.2, 0.25) is 5.91 Å². The Labute approximate surface area is 370 Å². The third-order valence-electron chi connectivity index (χ3n) is 10.5. The summed E-state index contributed by atoms with van der Waals surface area (Å²) in [6.45, 7) is 4.60. The minimum Gasteiger partial charge on any atom is -0.391 e. The number of hydrogen-bond acceptors (Lipinski definition) is 5. The van der Waals surface area contributed by atoms with Crippen molar-refractivity contribution in [1.82, 2.24) is 5.32 Å². The van der Waals surface area contributed by atoms with Crippen molar-refractivity contribution in [3.63, 3.8) is 0 Å². The van der Waals surface area contributed by atoms with Crippen LogP contribution < -0.4 is 5.32 Å². The van der Waals surface area contributed by atoms with Crippen LogP contribution in [0.2, 0.25) is 0 Å². The van der Waals surface area contributed by atoms with E-state index in [-0.39, 0.29) is 19.1 Å². The molecule has 0 aliphatic carbocycles. The number of carbonyl (C=O) groups excluding carboxylic acids is 1. The maximum Gasteiger partial charge on any atom is 0.472 e. The van der Waals surface area contributed by atoms with E-state index in [0.717, 1.165) is 77.0 Å². The van der Waals surface area contributed by atoms with Crippen molar-refractivity contribution in [3.05, 3.63) is 72.9 Å². The van der Waals surface area contributed by atoms with Crippen molar-refractivity contribution in [3.8, 4) is 0 Å². The molecule has 348 valence electrons. The Balaban J connectivity index is 3.76. The van der Waals surface area contributed by atoms with Crippen LogP contribution in [-0.2, 0) is 18.4 Å². The molecule has 3 atom stereocenters. The molecule has 0 heterocycles. The summed E-state index contributed by atoms with van der Waals surface area (Å²) < 4.78 is 23.3. The second-order valence-corrected chi connectivity index (χ2v) is 18.9. The summed E-state index contributed by atoms with van der Waals surface area (Å²) in [5.41, 5.74) is 0. The quantitative estimate of drug-likeness (QED) is 0.0244. The van der Waals surface area contributed by atoms with Gasteiger partial charge in [0.15, 0.2) is 0 Å². The van der Waals surface area contributed by atoms with Gasteiger partial charge in [-0.1, -0.05) is 196 Å². The number of unbranched alkanes of at least 4 members (excludes halogenated alkanes) is 18. The standard InChI is InChI=1S/C51H93N2O6P/c1-6-8-10-11-12-13-14-15-16-17-18-19-20-21-22-23-24-25-26-27-28-29-30-31-32-33-34-35-36-37-38-39-40-41-43-45-51(55)52-49(50(54)44-42-9-7-2)48-59-60(56,57)58-47-46-53(3,4)5/h8,10,12-13,15-16,18-19,21-22,24-25,49-50,54H,6-7,9,11,14,17,20,23,26-48H2,1-5H3,(H-,52,55,56,57)/p+1/b10-8-,13-12-,16-15-,19-18-,22-21-,25-24-. The highest BCUT2D eigenvalue weighted by atomic mass is 31.2. The monoisotopic (exact) mass is 862 g/mol. The lowest BCUT2D eigenvalue weighted by atomic mass is 10.0. The highest BCUT2D eigenvalue weighted by Crippen LogP contribution is 2.43. The summed E-state index contributed by atoms with van der Waals surface area (Å²) in [7, 11) is 1.60. The molecular formula is C51H94N2O6P+. The lowest BCUT2D eigenvalue weighted by Crippen LogP contribution is -2.46. The molecule has 60 heavy (non-hydrogen) atoms. The summed E-state index contributed by atoms with van der Waals surface area (Å²) in [6, 6.07) is -0.757. The molecule has 0 aromatic heterocycles. The Morgan fingerprint density at radius 3 is 1.43 bits per heavy atom. The van der Waals surface area contributed by atoms with Gasteiger partial charge in [-0.15, -0.1) is 0 Å². The molecule has 3 N–H and O–H groups in total. The lowest BCUT2D eigenvalue weighted by Gasteiger charge is -2.26. The van der Waals surface area contributed by atoms with Gasteiger partial charge in [0.05, 0.1) is 39.9 Å². The van der Waals surface area contributed by atoms with Crippen LogP contribution in [0.15, 0.2) is 72.9 Å². The molecule has 0 fully saturated rings. The fraction of sp³-hybridized carbons (Fsp3) is 0.745. The summed E-state index contributed by atoms with van der Waals surface area (Å²) in [5.74, 6) is -0.159. The molecule has 0 rings (SSSR count). The average molecular weight is 862 g/mol. The van der Waals surface area contributed by atoms with Crippen LogP contribution >= 0.6 is 7.82 Å². The molecule has 0 saturated heterocycles. The van der Waals surface area contributed by atoms with Crippen LogP contribution in [0.25, 0.3) is 0 Å². The molecule has 3 unspecified atom stereocenters. The van der Waals surface area contributed by atoms with Crippen molar-refractivity contribution >= 4 is 13.7 Å². The van der Waals surface area contributed by atoms with E-state index in [9.17, 15) is 19.4 Å². The lowest BCUT2D eigenvalue weighted by molar-refractivity contribution is -0.870. The van der Waals surface area contributed by atoms with Gasteiger partial charge in [-0.05, 0) is 64.2 Å². The van der Waals surface area contributed by atoms with Gasteiger partial charge in [0.25, 0.3) is 0 Å². The van der Waals surface area contributed by atoms with Crippen molar-refractivity contribution in [2.45, 2.75) is 206 Å². The van der Waals surface area contributed by atoms with Crippen LogP contribution in [0.4, 0.5) is 0 Å². The number of quaternary nitrogens is 1. The summed E-state index contributed by atoms with van der Waals surface area (Å²) >= 11 is 0. The number of phosphoric ester groups is 1. The Bertz CT molecular complexity index is 1200. The van der Waals surface area contributed by atoms with E-state index < -0.39 is 20.0 Å². The Morgan fingerprint density at radius 1 is 0.583 bits per heavy atom. The van der Waals surface area contributed by atoms with Crippen molar-refractivity contribution in [2.24, 2.45) is 0 Å². The number of aliphatic hydroxyl groups is 1. The number of phosphoric acid groups is 1. The number of allylic oxidation sites excluding steroid dienone is 12. The van der Waals surface area contributed by atoms with E-state index in [1.807, 2.05) is 21.1 Å². The first-order valence-electron chi connectivity index (χ1n) is 24.3. The zero-order valence-electron chi connectivity index (χ0n) is 39.4. The maximum absolute atomic E-state index is 12.7. The number of nitrogens with one attached hydrogen (secondary N) is 1. The highest BCUT2D eigenvalue weighted by molar-refractivity contribution is 7.47. The molecule has 0 bridgehead atoms. The van der Waals surface area contributed by atoms with Gasteiger partial charge in [0.1, 0.15) is 13.2 Å². The second kappa shape index (κ2) is 42.3. The summed E-state index contributed by atoms with van der Waals surface area (Å²) in [6.07, 6.45) is 57.6. The maximum atomic E-state index is 12.7. The van der Waals surface area contributed by atoms with Gasteiger partial charge < -0.3 is 19.8 Å². The summed E-state index contributed by atoms with van der Waals surface area (Å²) in [4.78, 5) is 22.9. The smallest absolute Gasteiger partial charge is 0.391 e. The van der Waals surface area contributed by atoms with Gasteiger partial charge in [0, 0.05) is 6.42 Å². The zero-order valence-corrected chi connectivity index (χ0v) is 40.3. The van der Waals surface area contributed by atoms with Gasteiger partial charge in [-0.25, -0.2) is 4.57 Å². The number of hydrogen-bond donors (Lipinski definition) is 3. The molecular weight excluding hydrogens is 768 g/mol. The van der Waals surface area contributed by atoms with E-state index in [2.05, 4.69) is 92.1 Å². The van der Waals surface area contributed by atoms with Gasteiger partial charge in [-0.3, -0.25) is 13.8 Å². The normalized spacial score (nSPS) is 14.8. The number of carbonyl (C=O) groups is 1. The first-order valence-corrected chi connectivity index (χ1v) is 25.8. The Morgan fingerprint density at radius 2 is 1.00 bits per heavy atom. The number of aliphatic hydroxyl groups excluding tert-OH is 1. The minimum absolute atomic E-state index is 0.0713. The molecule has 0 aliphatic rings. The van der Waals surface area contributed by atoms with Gasteiger partial charge in [-0.2, -0.15) is 0 Å². The predicted octanol–water partition coefficient (Wildman–Crippen LogP) is 14.0. The number of amides is 1. The Hall–Kier alpha value is -2.06. The van der Waals surface area contributed by atoms with Gasteiger partial charge >= 0.3 is 7.82 Å². The topological polar surface area (TPSA) is 105 Å². The molecule has 1 amide bonds. The minimum atomic E-state index is -4.29. The molecule has 9 heteroatoms. The fourth-order valence-corrected chi connectivity index (χ4v) is 7.37. The third kappa shape index (κ3) is 44.0. The van der Waals surface area contributed by atoms with Crippen LogP contribution in [-0.4, -0.2) is 73.4 Å². The van der Waals surface area contributed by atoms with Crippen molar-refractivity contribution < 1.29 is 32.9 Å². The molecule has 0 radical (unpaired) electrons. The number of rotatable bonds is 43. The van der Waals surface area contributed by atoms with Crippen molar-refractivity contribution in [1.29, 1.82) is 0 Å². The zero-order chi connectivity index (χ0) is 44.3. The second-order valence-electron chi connectivity index (χ2n) is 17.5. The molecule has 0 aromatic rings. The van der Waals surface area contributed by atoms with Crippen molar-refractivity contribution in [2.75, 3.05) is 40.9 Å². The van der Waals surface area contributed by atoms with E-state index >= 15 is 0 Å². The first kappa shape index (κ1) is 57.9. The first-order chi connectivity index (χ1) is 29.0. The van der Waals surface area contributed by atoms with E-state index in [4.69, 9.17) is 9.05 Å². The third-order valence-corrected chi connectivity index (χ3v) is 11.5.